The van der Waals surface area contributed by atoms with Crippen molar-refractivity contribution in [1.82, 2.24) is 4.90 Å². The molecule has 1 aliphatic rings. The minimum Gasteiger partial charge on any atom is -0.469 e. The van der Waals surface area contributed by atoms with Crippen LogP contribution in [-0.4, -0.2) is 85.7 Å². The van der Waals surface area contributed by atoms with Gasteiger partial charge in [0.25, 0.3) is 0 Å². The van der Waals surface area contributed by atoms with Crippen LogP contribution in [0.3, 0.4) is 0 Å². The highest BCUT2D eigenvalue weighted by Crippen LogP contribution is 2.48. The lowest BCUT2D eigenvalue weighted by Gasteiger charge is -2.53. The van der Waals surface area contributed by atoms with Crippen molar-refractivity contribution in [2.75, 3.05) is 20.3 Å². The summed E-state index contributed by atoms with van der Waals surface area (Å²) in [4.78, 5) is 70.5. The first-order valence-corrected chi connectivity index (χ1v) is 19.1. The Morgan fingerprint density at radius 3 is 1.44 bits per heavy atom. The number of likely N-dealkylation sites (N-methyl/N-ethyl adjacent to an activating group) is 1. The van der Waals surface area contributed by atoms with Gasteiger partial charge in [-0.25, -0.2) is 0 Å². The van der Waals surface area contributed by atoms with Gasteiger partial charge in [-0.15, -0.1) is 0 Å². The first kappa shape index (κ1) is 46.6. The zero-order chi connectivity index (χ0) is 41.6. The molecule has 1 heterocycles. The average Bonchev–Trinajstić information content (AvgIpc) is 3.07. The van der Waals surface area contributed by atoms with E-state index >= 15 is 0 Å². The molecule has 0 amide bonds. The largest absolute Gasteiger partial charge is 0.469 e. The van der Waals surface area contributed by atoms with Crippen LogP contribution in [0.1, 0.15) is 128 Å². The minimum atomic E-state index is -1.44. The van der Waals surface area contributed by atoms with Crippen LogP contribution in [-0.2, 0) is 52.4 Å². The molecular weight excluding hydrogens is 694 g/mol. The number of rotatable bonds is 13. The highest BCUT2D eigenvalue weighted by molar-refractivity contribution is 5.79. The summed E-state index contributed by atoms with van der Waals surface area (Å²) < 4.78 is 37.0. The molecule has 0 aliphatic carbocycles. The molecule has 54 heavy (non-hydrogen) atoms. The van der Waals surface area contributed by atoms with Gasteiger partial charge in [-0.05, 0) is 108 Å². The Hall–Kier alpha value is -3.51. The Morgan fingerprint density at radius 1 is 0.630 bits per heavy atom. The molecule has 1 saturated heterocycles. The van der Waals surface area contributed by atoms with E-state index in [0.717, 1.165) is 5.56 Å². The van der Waals surface area contributed by atoms with Crippen molar-refractivity contribution in [3.63, 3.8) is 0 Å². The fourth-order valence-electron chi connectivity index (χ4n) is 6.19. The fourth-order valence-corrected chi connectivity index (χ4v) is 6.19. The van der Waals surface area contributed by atoms with Gasteiger partial charge >= 0.3 is 29.8 Å². The monoisotopic (exact) mass is 761 g/mol. The molecule has 1 aliphatic heterocycles. The number of benzene rings is 1. The third kappa shape index (κ3) is 11.0. The van der Waals surface area contributed by atoms with Crippen molar-refractivity contribution in [2.45, 2.75) is 153 Å². The molecule has 0 radical (unpaired) electrons. The number of hydrogen-bond acceptors (Lipinski definition) is 12. The van der Waals surface area contributed by atoms with Crippen molar-refractivity contribution in [2.24, 2.45) is 27.1 Å². The molecule has 306 valence electrons. The van der Waals surface area contributed by atoms with Crippen LogP contribution < -0.4 is 0 Å². The van der Waals surface area contributed by atoms with E-state index in [0.29, 0.717) is 12.8 Å². The summed E-state index contributed by atoms with van der Waals surface area (Å²) in [6, 6.07) is 8.69. The number of carbonyl (C=O) groups excluding carboxylic acids is 5. The van der Waals surface area contributed by atoms with Crippen LogP contribution >= 0.6 is 0 Å². The molecular formula is C42H67NO11. The number of methoxy groups -OCH3 is 1. The number of carbonyl (C=O) groups is 5. The molecule has 0 spiro atoms. The number of nitrogens with zero attached hydrogens (tertiary/aromatic N) is 1. The van der Waals surface area contributed by atoms with Crippen LogP contribution in [0, 0.1) is 27.1 Å². The highest BCUT2D eigenvalue weighted by Gasteiger charge is 2.59. The lowest BCUT2D eigenvalue weighted by Crippen LogP contribution is -2.68. The summed E-state index contributed by atoms with van der Waals surface area (Å²) in [6.45, 7) is 25.8. The van der Waals surface area contributed by atoms with Crippen molar-refractivity contribution >= 4 is 29.8 Å². The van der Waals surface area contributed by atoms with E-state index in [9.17, 15) is 24.0 Å². The number of ether oxygens (including phenoxy) is 6. The predicted octanol–water partition coefficient (Wildman–Crippen LogP) is 7.22. The average molecular weight is 762 g/mol. The molecule has 6 atom stereocenters. The summed E-state index contributed by atoms with van der Waals surface area (Å²) >= 11 is 0. The van der Waals surface area contributed by atoms with Gasteiger partial charge < -0.3 is 28.4 Å². The Kier molecular flexibility index (Phi) is 15.5. The maximum atomic E-state index is 14.0. The van der Waals surface area contributed by atoms with Crippen molar-refractivity contribution in [3.05, 3.63) is 35.9 Å². The lowest BCUT2D eigenvalue weighted by atomic mass is 9.71. The standard InChI is InChI=1S/C42H67NO11/c1-17-42(18-2,37(48)49-16)31(26-23-21-20-22-24-26)43(19-3)32-30(54-36(47)41(13,14)15)29(53-35(46)40(10,11)12)28(52-34(45)39(7,8)9)27(51-32)25-50-33(44)38(4,5)6/h20-24,27-32H,17-19,25H2,1-16H3/t27-,28+,29+,30-,31-,32-/m1/s1. The van der Waals surface area contributed by atoms with Gasteiger partial charge in [0.2, 0.25) is 0 Å². The quantitative estimate of drug-likeness (QED) is 0.148. The van der Waals surface area contributed by atoms with Crippen LogP contribution in [0.2, 0.25) is 0 Å². The summed E-state index contributed by atoms with van der Waals surface area (Å²) in [6.07, 6.45) is -5.93. The van der Waals surface area contributed by atoms with E-state index < -0.39 is 100 Å². The maximum Gasteiger partial charge on any atom is 0.313 e. The molecule has 12 nitrogen and oxygen atoms in total. The minimum absolute atomic E-state index is 0.243. The van der Waals surface area contributed by atoms with Gasteiger partial charge in [0.15, 0.2) is 24.5 Å². The highest BCUT2D eigenvalue weighted by atomic mass is 16.7. The fraction of sp³-hybridized carbons (Fsp3) is 0.738. The van der Waals surface area contributed by atoms with E-state index in [1.54, 1.807) is 83.1 Å². The molecule has 0 bridgehead atoms. The van der Waals surface area contributed by atoms with E-state index in [2.05, 4.69) is 0 Å². The van der Waals surface area contributed by atoms with Gasteiger partial charge in [0.05, 0.1) is 40.2 Å². The van der Waals surface area contributed by atoms with Crippen LogP contribution in [0.25, 0.3) is 0 Å². The summed E-state index contributed by atoms with van der Waals surface area (Å²) in [5.41, 5.74) is -4.30. The second kappa shape index (κ2) is 18.0. The van der Waals surface area contributed by atoms with Crippen molar-refractivity contribution < 1.29 is 52.4 Å². The maximum absolute atomic E-state index is 14.0. The van der Waals surface area contributed by atoms with Crippen molar-refractivity contribution in [3.8, 4) is 0 Å². The molecule has 1 fully saturated rings. The van der Waals surface area contributed by atoms with Gasteiger partial charge in [-0.3, -0.25) is 28.9 Å². The Bertz CT molecular complexity index is 1440. The molecule has 0 saturated carbocycles. The molecule has 2 rings (SSSR count). The zero-order valence-electron chi connectivity index (χ0n) is 35.6. The summed E-state index contributed by atoms with van der Waals surface area (Å²) in [7, 11) is 1.35. The second-order valence-corrected chi connectivity index (χ2v) is 18.3. The van der Waals surface area contributed by atoms with Crippen LogP contribution in [0.15, 0.2) is 30.3 Å². The normalized spacial score (nSPS) is 21.8. The molecule has 0 unspecified atom stereocenters. The second-order valence-electron chi connectivity index (χ2n) is 18.3. The third-order valence-corrected chi connectivity index (χ3v) is 9.68. The SMILES string of the molecule is CCN([C@@H]1O[C@H](COC(=O)C(C)(C)C)[C@H](OC(=O)C(C)(C)C)[C@H](OC(=O)C(C)(C)C)[C@H]1OC(=O)C(C)(C)C)[C@H](c1ccccc1)C(CC)(CC)C(=O)OC. The molecule has 1 aromatic carbocycles. The Labute approximate surface area is 323 Å². The molecule has 1 aromatic rings. The predicted molar refractivity (Wildman–Crippen MR) is 204 cm³/mol. The van der Waals surface area contributed by atoms with E-state index in [1.165, 1.54) is 7.11 Å². The van der Waals surface area contributed by atoms with E-state index in [-0.39, 0.29) is 6.54 Å². The summed E-state index contributed by atoms with van der Waals surface area (Å²) in [5.74, 6) is -2.91. The topological polar surface area (TPSA) is 144 Å². The van der Waals surface area contributed by atoms with Gasteiger partial charge in [0, 0.05) is 0 Å². The van der Waals surface area contributed by atoms with Gasteiger partial charge in [-0.1, -0.05) is 51.1 Å². The number of hydrogen-bond donors (Lipinski definition) is 0. The van der Waals surface area contributed by atoms with Crippen LogP contribution in [0.4, 0.5) is 0 Å². The molecule has 0 N–H and O–H groups in total. The summed E-state index contributed by atoms with van der Waals surface area (Å²) in [5, 5.41) is 0. The van der Waals surface area contributed by atoms with Crippen molar-refractivity contribution in [1.29, 1.82) is 0 Å². The van der Waals surface area contributed by atoms with E-state index in [4.69, 9.17) is 28.4 Å². The van der Waals surface area contributed by atoms with Gasteiger partial charge in [-0.2, -0.15) is 0 Å². The molecule has 12 heteroatoms. The Balaban J connectivity index is 3.10. The van der Waals surface area contributed by atoms with E-state index in [1.807, 2.05) is 56.0 Å². The van der Waals surface area contributed by atoms with Gasteiger partial charge in [0.1, 0.15) is 12.7 Å². The lowest BCUT2D eigenvalue weighted by molar-refractivity contribution is -0.291. The smallest absolute Gasteiger partial charge is 0.313 e. The van der Waals surface area contributed by atoms with Crippen LogP contribution in [0.5, 0.6) is 0 Å². The first-order chi connectivity index (χ1) is 24.7. The Morgan fingerprint density at radius 2 is 1.06 bits per heavy atom. The zero-order valence-corrected chi connectivity index (χ0v) is 35.6. The molecule has 0 aromatic heterocycles. The third-order valence-electron chi connectivity index (χ3n) is 9.68. The number of esters is 5. The first-order valence-electron chi connectivity index (χ1n) is 19.1.